The first-order valence-corrected chi connectivity index (χ1v) is 5.02. The van der Waals surface area contributed by atoms with E-state index in [9.17, 15) is 9.59 Å². The topological polar surface area (TPSA) is 72.8 Å². The third-order valence-electron chi connectivity index (χ3n) is 2.21. The molecule has 1 aliphatic heterocycles. The van der Waals surface area contributed by atoms with Crippen molar-refractivity contribution in [1.82, 2.24) is 0 Å². The fraction of sp³-hybridized carbons (Fsp3) is 0.167. The van der Waals surface area contributed by atoms with Crippen molar-refractivity contribution in [3.05, 3.63) is 35.9 Å². The van der Waals surface area contributed by atoms with Gasteiger partial charge in [-0.25, -0.2) is 4.79 Å². The summed E-state index contributed by atoms with van der Waals surface area (Å²) >= 11 is 0. The Bertz CT molecular complexity index is 490. The largest absolute Gasteiger partial charge is 0.486 e. The minimum atomic E-state index is -1.17. The molecule has 0 spiro atoms. The van der Waals surface area contributed by atoms with Gasteiger partial charge in [0, 0.05) is 6.08 Å². The normalized spacial score (nSPS) is 13.6. The number of para-hydroxylation sites is 1. The van der Waals surface area contributed by atoms with Crippen LogP contribution in [0.25, 0.3) is 0 Å². The van der Waals surface area contributed by atoms with E-state index in [0.29, 0.717) is 30.3 Å². The number of carbonyl (C=O) groups is 2. The van der Waals surface area contributed by atoms with E-state index < -0.39 is 11.8 Å². The zero-order valence-corrected chi connectivity index (χ0v) is 8.88. The summed E-state index contributed by atoms with van der Waals surface area (Å²) in [4.78, 5) is 22.1. The first-order chi connectivity index (χ1) is 8.18. The highest BCUT2D eigenvalue weighted by Crippen LogP contribution is 2.33. The average Bonchev–Trinajstić information content (AvgIpc) is 2.35. The van der Waals surface area contributed by atoms with Crippen LogP contribution in [0.5, 0.6) is 11.5 Å². The van der Waals surface area contributed by atoms with Gasteiger partial charge in [-0.1, -0.05) is 6.07 Å². The number of ether oxygens (including phenoxy) is 2. The summed E-state index contributed by atoms with van der Waals surface area (Å²) in [6.45, 7) is 0.815. The molecule has 1 aromatic rings. The summed E-state index contributed by atoms with van der Waals surface area (Å²) in [5.74, 6) is -0.709. The van der Waals surface area contributed by atoms with E-state index in [4.69, 9.17) is 14.6 Å². The number of hydrogen-bond acceptors (Lipinski definition) is 4. The number of aliphatic carboxylic acids is 1. The molecule has 17 heavy (non-hydrogen) atoms. The molecule has 5 heteroatoms. The number of carbonyl (C=O) groups excluding carboxylic acids is 1. The SMILES string of the molecule is O=C(O)/C=C/C(=O)c1cccc2c1OCCO2. The maximum absolute atomic E-state index is 11.7. The summed E-state index contributed by atoms with van der Waals surface area (Å²) in [5.41, 5.74) is 0.305. The molecule has 0 saturated carbocycles. The first-order valence-electron chi connectivity index (χ1n) is 5.02. The lowest BCUT2D eigenvalue weighted by molar-refractivity contribution is -0.131. The number of benzene rings is 1. The maximum Gasteiger partial charge on any atom is 0.328 e. The van der Waals surface area contributed by atoms with E-state index in [1.807, 2.05) is 0 Å². The molecular formula is C12H10O5. The summed E-state index contributed by atoms with van der Waals surface area (Å²) in [6, 6.07) is 4.93. The van der Waals surface area contributed by atoms with Crippen molar-refractivity contribution in [2.24, 2.45) is 0 Å². The van der Waals surface area contributed by atoms with E-state index in [0.717, 1.165) is 12.2 Å². The number of ketones is 1. The van der Waals surface area contributed by atoms with Crippen LogP contribution in [0, 0.1) is 0 Å². The van der Waals surface area contributed by atoms with E-state index in [1.54, 1.807) is 18.2 Å². The number of carboxylic acid groups (broad SMARTS) is 1. The molecule has 0 unspecified atom stereocenters. The van der Waals surface area contributed by atoms with Crippen LogP contribution in [0.3, 0.4) is 0 Å². The van der Waals surface area contributed by atoms with E-state index >= 15 is 0 Å². The standard InChI is InChI=1S/C12H10O5/c13-9(4-5-11(14)15)8-2-1-3-10-12(8)17-7-6-16-10/h1-5H,6-7H2,(H,14,15)/b5-4+. The van der Waals surface area contributed by atoms with Gasteiger partial charge in [-0.05, 0) is 18.2 Å². The van der Waals surface area contributed by atoms with Gasteiger partial charge in [0.25, 0.3) is 0 Å². The van der Waals surface area contributed by atoms with Gasteiger partial charge in [0.05, 0.1) is 5.56 Å². The average molecular weight is 234 g/mol. The predicted molar refractivity (Wildman–Crippen MR) is 58.5 cm³/mol. The van der Waals surface area contributed by atoms with Gasteiger partial charge in [0.1, 0.15) is 13.2 Å². The molecule has 88 valence electrons. The highest BCUT2D eigenvalue weighted by atomic mass is 16.6. The van der Waals surface area contributed by atoms with Crippen molar-refractivity contribution in [2.45, 2.75) is 0 Å². The Morgan fingerprint density at radius 1 is 1.18 bits per heavy atom. The highest BCUT2D eigenvalue weighted by molar-refractivity contribution is 6.09. The van der Waals surface area contributed by atoms with Crippen molar-refractivity contribution < 1.29 is 24.2 Å². The van der Waals surface area contributed by atoms with Crippen LogP contribution in [0.4, 0.5) is 0 Å². The number of carboxylic acids is 1. The van der Waals surface area contributed by atoms with Gasteiger partial charge in [-0.3, -0.25) is 4.79 Å². The van der Waals surface area contributed by atoms with E-state index in [2.05, 4.69) is 0 Å². The smallest absolute Gasteiger partial charge is 0.328 e. The summed E-state index contributed by atoms with van der Waals surface area (Å²) in [7, 11) is 0. The fourth-order valence-electron chi connectivity index (χ4n) is 1.50. The monoisotopic (exact) mass is 234 g/mol. The summed E-state index contributed by atoms with van der Waals surface area (Å²) in [5, 5.41) is 8.45. The van der Waals surface area contributed by atoms with Gasteiger partial charge < -0.3 is 14.6 Å². The molecule has 0 atom stereocenters. The lowest BCUT2D eigenvalue weighted by atomic mass is 10.1. The maximum atomic E-state index is 11.7. The van der Waals surface area contributed by atoms with Gasteiger partial charge in [0.2, 0.25) is 0 Å². The molecule has 0 aromatic heterocycles. The van der Waals surface area contributed by atoms with Crippen LogP contribution in [0.15, 0.2) is 30.4 Å². The molecule has 2 rings (SSSR count). The Morgan fingerprint density at radius 3 is 2.71 bits per heavy atom. The molecule has 1 heterocycles. The Labute approximate surface area is 97.3 Å². The molecule has 0 bridgehead atoms. The molecule has 5 nitrogen and oxygen atoms in total. The second kappa shape index (κ2) is 4.69. The van der Waals surface area contributed by atoms with Gasteiger partial charge >= 0.3 is 5.97 Å². The number of rotatable bonds is 3. The van der Waals surface area contributed by atoms with E-state index in [-0.39, 0.29) is 0 Å². The Kier molecular flexibility index (Phi) is 3.09. The van der Waals surface area contributed by atoms with Gasteiger partial charge in [-0.15, -0.1) is 0 Å². The predicted octanol–water partition coefficient (Wildman–Crippen LogP) is 1.28. The van der Waals surface area contributed by atoms with Crippen molar-refractivity contribution in [2.75, 3.05) is 13.2 Å². The number of hydrogen-bond donors (Lipinski definition) is 1. The van der Waals surface area contributed by atoms with Crippen LogP contribution < -0.4 is 9.47 Å². The van der Waals surface area contributed by atoms with Crippen molar-refractivity contribution in [1.29, 1.82) is 0 Å². The van der Waals surface area contributed by atoms with Crippen LogP contribution >= 0.6 is 0 Å². The van der Waals surface area contributed by atoms with E-state index in [1.165, 1.54) is 0 Å². The second-order valence-electron chi connectivity index (χ2n) is 3.37. The molecule has 0 radical (unpaired) electrons. The van der Waals surface area contributed by atoms with Crippen molar-refractivity contribution in [3.63, 3.8) is 0 Å². The highest BCUT2D eigenvalue weighted by Gasteiger charge is 2.18. The van der Waals surface area contributed by atoms with Crippen LogP contribution in [-0.2, 0) is 4.79 Å². The lowest BCUT2D eigenvalue weighted by Crippen LogP contribution is -2.17. The van der Waals surface area contributed by atoms with Gasteiger partial charge in [-0.2, -0.15) is 0 Å². The first kappa shape index (κ1) is 11.2. The Balaban J connectivity index is 2.32. The van der Waals surface area contributed by atoms with Crippen LogP contribution in [-0.4, -0.2) is 30.1 Å². The Morgan fingerprint density at radius 2 is 1.94 bits per heavy atom. The molecule has 1 N–H and O–H groups in total. The molecule has 1 aliphatic rings. The molecule has 0 amide bonds. The fourth-order valence-corrected chi connectivity index (χ4v) is 1.50. The molecule has 0 saturated heterocycles. The second-order valence-corrected chi connectivity index (χ2v) is 3.37. The van der Waals surface area contributed by atoms with Crippen LogP contribution in [0.1, 0.15) is 10.4 Å². The molecule has 0 fully saturated rings. The molecule has 0 aliphatic carbocycles. The third-order valence-corrected chi connectivity index (χ3v) is 2.21. The molecular weight excluding hydrogens is 224 g/mol. The third kappa shape index (κ3) is 2.44. The Hall–Kier alpha value is -2.30. The number of allylic oxidation sites excluding steroid dienone is 1. The summed E-state index contributed by atoms with van der Waals surface area (Å²) in [6.07, 6.45) is 1.79. The minimum Gasteiger partial charge on any atom is -0.486 e. The molecule has 1 aromatic carbocycles. The van der Waals surface area contributed by atoms with Gasteiger partial charge in [0.15, 0.2) is 17.3 Å². The van der Waals surface area contributed by atoms with Crippen LogP contribution in [0.2, 0.25) is 0 Å². The zero-order valence-electron chi connectivity index (χ0n) is 8.88. The minimum absolute atomic E-state index is 0.305. The number of fused-ring (bicyclic) bond motifs is 1. The zero-order chi connectivity index (χ0) is 12.3. The summed E-state index contributed by atoms with van der Waals surface area (Å²) < 4.78 is 10.7. The lowest BCUT2D eigenvalue weighted by Gasteiger charge is -2.19. The van der Waals surface area contributed by atoms with Crippen molar-refractivity contribution >= 4 is 11.8 Å². The van der Waals surface area contributed by atoms with Crippen molar-refractivity contribution in [3.8, 4) is 11.5 Å². The quantitative estimate of drug-likeness (QED) is 0.630.